The summed E-state index contributed by atoms with van der Waals surface area (Å²) < 4.78 is 12.3. The summed E-state index contributed by atoms with van der Waals surface area (Å²) >= 11 is 12.2. The van der Waals surface area contributed by atoms with Crippen LogP contribution in [0.3, 0.4) is 0 Å². The maximum absolute atomic E-state index is 13.5. The van der Waals surface area contributed by atoms with Gasteiger partial charge in [-0.05, 0) is 41.5 Å². The van der Waals surface area contributed by atoms with Crippen molar-refractivity contribution in [3.05, 3.63) is 105 Å². The predicted molar refractivity (Wildman–Crippen MR) is 141 cm³/mol. The van der Waals surface area contributed by atoms with E-state index in [1.165, 1.54) is 0 Å². The number of carbonyl (C=O) groups is 2. The van der Waals surface area contributed by atoms with Crippen LogP contribution in [0.2, 0.25) is 10.0 Å². The van der Waals surface area contributed by atoms with E-state index in [0.29, 0.717) is 60.4 Å². The van der Waals surface area contributed by atoms with E-state index in [2.05, 4.69) is 4.99 Å². The number of amides is 1. The number of carbonyl (C=O) groups excluding carboxylic acids is 2. The first kappa shape index (κ1) is 24.0. The van der Waals surface area contributed by atoms with E-state index in [4.69, 9.17) is 32.7 Å². The van der Waals surface area contributed by atoms with Gasteiger partial charge in [0.2, 0.25) is 5.60 Å². The lowest BCUT2D eigenvalue weighted by Crippen LogP contribution is -2.48. The number of rotatable bonds is 4. The summed E-state index contributed by atoms with van der Waals surface area (Å²) in [5.74, 6) is -0.594. The molecule has 8 heteroatoms. The molecule has 6 nitrogen and oxygen atoms in total. The number of benzene rings is 3. The average molecular weight is 535 g/mol. The lowest BCUT2D eigenvalue weighted by Gasteiger charge is -2.39. The Labute approximate surface area is 224 Å². The number of amidine groups is 1. The molecule has 37 heavy (non-hydrogen) atoms. The van der Waals surface area contributed by atoms with Crippen LogP contribution in [-0.2, 0) is 32.7 Å². The maximum atomic E-state index is 13.5. The lowest BCUT2D eigenvalue weighted by molar-refractivity contribution is -0.131. The normalized spacial score (nSPS) is 19.4. The lowest BCUT2D eigenvalue weighted by atomic mass is 9.84. The number of piperidine rings is 1. The van der Waals surface area contributed by atoms with Gasteiger partial charge in [0, 0.05) is 54.4 Å². The highest BCUT2D eigenvalue weighted by Crippen LogP contribution is 2.44. The van der Waals surface area contributed by atoms with Crippen LogP contribution in [0.15, 0.2) is 77.8 Å². The Kier molecular flexibility index (Phi) is 5.97. The number of likely N-dealkylation sites (tertiary alicyclic amines) is 1. The summed E-state index contributed by atoms with van der Waals surface area (Å²) in [7, 11) is 0. The summed E-state index contributed by atoms with van der Waals surface area (Å²) in [4.78, 5) is 32.3. The first-order valence-corrected chi connectivity index (χ1v) is 13.0. The zero-order chi connectivity index (χ0) is 25.6. The van der Waals surface area contributed by atoms with Crippen molar-refractivity contribution in [2.24, 2.45) is 4.99 Å². The van der Waals surface area contributed by atoms with E-state index >= 15 is 0 Å². The molecule has 0 aliphatic carbocycles. The number of nitrogens with zero attached hydrogens (tertiary/aromatic N) is 2. The number of ether oxygens (including phenoxy) is 2. The quantitative estimate of drug-likeness (QED) is 0.408. The molecule has 3 aromatic carbocycles. The second kappa shape index (κ2) is 9.19. The predicted octanol–water partition coefficient (Wildman–Crippen LogP) is 5.59. The standard InChI is InChI=1S/C29H24Cl2N2O4/c30-21-9-5-19(6-10-21)17-29(18-20-7-11-22(31)12-8-20)26(35)32-27(37-29)33-15-13-28(14-16-33)24-4-2-1-3-23(24)25(34)36-28/h1-12H,13-18H2. The summed E-state index contributed by atoms with van der Waals surface area (Å²) in [5.41, 5.74) is 1.59. The van der Waals surface area contributed by atoms with Gasteiger partial charge in [-0.2, -0.15) is 4.99 Å². The zero-order valence-corrected chi connectivity index (χ0v) is 21.5. The van der Waals surface area contributed by atoms with Crippen molar-refractivity contribution < 1.29 is 19.1 Å². The molecule has 0 N–H and O–H groups in total. The van der Waals surface area contributed by atoms with Crippen molar-refractivity contribution in [2.45, 2.75) is 36.9 Å². The molecule has 1 spiro atoms. The summed E-state index contributed by atoms with van der Waals surface area (Å²) in [6.45, 7) is 1.09. The monoisotopic (exact) mass is 534 g/mol. The van der Waals surface area contributed by atoms with Crippen LogP contribution in [0.4, 0.5) is 0 Å². The van der Waals surface area contributed by atoms with Crippen LogP contribution in [-0.4, -0.2) is 41.5 Å². The molecule has 3 aromatic rings. The number of halogens is 2. The molecule has 3 aliphatic rings. The van der Waals surface area contributed by atoms with Gasteiger partial charge in [0.15, 0.2) is 0 Å². The fourth-order valence-corrected chi connectivity index (χ4v) is 5.74. The molecule has 1 saturated heterocycles. The van der Waals surface area contributed by atoms with E-state index in [-0.39, 0.29) is 11.9 Å². The fraction of sp³-hybridized carbons (Fsp3) is 0.276. The minimum absolute atomic E-state index is 0.279. The number of aliphatic imine (C=N–C) groups is 1. The Morgan fingerprint density at radius 1 is 0.784 bits per heavy atom. The number of hydrogen-bond acceptors (Lipinski definition) is 5. The number of esters is 1. The molecule has 0 atom stereocenters. The first-order chi connectivity index (χ1) is 17.9. The molecule has 1 fully saturated rings. The zero-order valence-electron chi connectivity index (χ0n) is 20.0. The van der Waals surface area contributed by atoms with Crippen LogP contribution < -0.4 is 0 Å². The topological polar surface area (TPSA) is 68.2 Å². The van der Waals surface area contributed by atoms with Gasteiger partial charge in [-0.3, -0.25) is 4.79 Å². The van der Waals surface area contributed by atoms with Gasteiger partial charge in [-0.1, -0.05) is 65.7 Å². The van der Waals surface area contributed by atoms with E-state index in [1.54, 1.807) is 24.3 Å². The average Bonchev–Trinajstić information content (AvgIpc) is 3.36. The molecule has 6 rings (SSSR count). The molecule has 0 radical (unpaired) electrons. The first-order valence-electron chi connectivity index (χ1n) is 12.2. The SMILES string of the molecule is O=C1OC2(CCN(C3=NC(=O)C(Cc4ccc(Cl)cc4)(Cc4ccc(Cl)cc4)O3)CC2)c2ccccc21. The molecule has 188 valence electrons. The van der Waals surface area contributed by atoms with Gasteiger partial charge < -0.3 is 14.4 Å². The van der Waals surface area contributed by atoms with Crippen molar-refractivity contribution in [1.82, 2.24) is 4.90 Å². The molecular weight excluding hydrogens is 511 g/mol. The van der Waals surface area contributed by atoms with Crippen LogP contribution >= 0.6 is 23.2 Å². The molecular formula is C29H24Cl2N2O4. The summed E-state index contributed by atoms with van der Waals surface area (Å²) in [6.07, 6.45) is 1.88. The molecule has 0 bridgehead atoms. The summed E-state index contributed by atoms with van der Waals surface area (Å²) in [5, 5.41) is 1.25. The molecule has 0 aromatic heterocycles. The molecule has 0 saturated carbocycles. The van der Waals surface area contributed by atoms with E-state index in [9.17, 15) is 9.59 Å². The van der Waals surface area contributed by atoms with Crippen molar-refractivity contribution in [1.29, 1.82) is 0 Å². The van der Waals surface area contributed by atoms with Crippen LogP contribution in [0.1, 0.15) is 39.9 Å². The van der Waals surface area contributed by atoms with Gasteiger partial charge in [0.05, 0.1) is 5.56 Å². The van der Waals surface area contributed by atoms with Crippen molar-refractivity contribution in [2.75, 3.05) is 13.1 Å². The van der Waals surface area contributed by atoms with Gasteiger partial charge in [-0.15, -0.1) is 0 Å². The Hall–Kier alpha value is -3.35. The molecule has 3 heterocycles. The van der Waals surface area contributed by atoms with Crippen LogP contribution in [0.5, 0.6) is 0 Å². The van der Waals surface area contributed by atoms with E-state index < -0.39 is 11.2 Å². The largest absolute Gasteiger partial charge is 0.450 e. The van der Waals surface area contributed by atoms with E-state index in [0.717, 1.165) is 16.7 Å². The number of fused-ring (bicyclic) bond motifs is 2. The Balaban J connectivity index is 1.23. The second-order valence-electron chi connectivity index (χ2n) is 9.82. The van der Waals surface area contributed by atoms with Crippen LogP contribution in [0, 0.1) is 0 Å². The van der Waals surface area contributed by atoms with Gasteiger partial charge in [0.25, 0.3) is 11.9 Å². The maximum Gasteiger partial charge on any atom is 0.339 e. The van der Waals surface area contributed by atoms with Crippen molar-refractivity contribution in [3.63, 3.8) is 0 Å². The van der Waals surface area contributed by atoms with Gasteiger partial charge >= 0.3 is 5.97 Å². The highest BCUT2D eigenvalue weighted by atomic mass is 35.5. The smallest absolute Gasteiger partial charge is 0.339 e. The second-order valence-corrected chi connectivity index (χ2v) is 10.7. The molecule has 3 aliphatic heterocycles. The van der Waals surface area contributed by atoms with E-state index in [1.807, 2.05) is 53.4 Å². The third-order valence-corrected chi connectivity index (χ3v) is 7.95. The minimum atomic E-state index is -1.18. The Bertz CT molecular complexity index is 1350. The summed E-state index contributed by atoms with van der Waals surface area (Å²) in [6, 6.07) is 22.7. The number of hydrogen-bond donors (Lipinski definition) is 0. The Morgan fingerprint density at radius 3 is 1.95 bits per heavy atom. The van der Waals surface area contributed by atoms with Gasteiger partial charge in [0.1, 0.15) is 5.60 Å². The highest BCUT2D eigenvalue weighted by Gasteiger charge is 2.51. The van der Waals surface area contributed by atoms with Crippen LogP contribution in [0.25, 0.3) is 0 Å². The van der Waals surface area contributed by atoms with Crippen molar-refractivity contribution in [3.8, 4) is 0 Å². The fourth-order valence-electron chi connectivity index (χ4n) is 5.49. The van der Waals surface area contributed by atoms with Gasteiger partial charge in [-0.25, -0.2) is 4.79 Å². The highest BCUT2D eigenvalue weighted by molar-refractivity contribution is 6.30. The Morgan fingerprint density at radius 2 is 1.35 bits per heavy atom. The minimum Gasteiger partial charge on any atom is -0.450 e. The third-order valence-electron chi connectivity index (χ3n) is 7.45. The molecule has 1 amide bonds. The molecule has 0 unspecified atom stereocenters. The van der Waals surface area contributed by atoms with Crippen molar-refractivity contribution >= 4 is 41.1 Å². The third kappa shape index (κ3) is 4.38.